The molecule has 2 heterocycles. The van der Waals surface area contributed by atoms with Crippen molar-refractivity contribution in [2.24, 2.45) is 0 Å². The van der Waals surface area contributed by atoms with E-state index in [9.17, 15) is 0 Å². The fourth-order valence-electron chi connectivity index (χ4n) is 1.79. The summed E-state index contributed by atoms with van der Waals surface area (Å²) in [6.45, 7) is 2.09. The fraction of sp³-hybridized carbons (Fsp3) is 0.0667. The molecule has 0 N–H and O–H groups in total. The highest BCUT2D eigenvalue weighted by Crippen LogP contribution is 2.29. The third kappa shape index (κ3) is 2.74. The zero-order valence-corrected chi connectivity index (χ0v) is 12.7. The largest absolute Gasteiger partial charge is 0.263 e. The molecule has 0 radical (unpaired) electrons. The summed E-state index contributed by atoms with van der Waals surface area (Å²) in [4.78, 5) is 8.85. The van der Waals surface area contributed by atoms with Crippen molar-refractivity contribution in [1.82, 2.24) is 9.97 Å². The first kappa shape index (κ1) is 12.5. The van der Waals surface area contributed by atoms with E-state index in [0.717, 1.165) is 26.3 Å². The number of benzene rings is 1. The Kier molecular flexibility index (Phi) is 3.44. The van der Waals surface area contributed by atoms with Gasteiger partial charge in [-0.1, -0.05) is 29.8 Å². The highest BCUT2D eigenvalue weighted by molar-refractivity contribution is 9.10. The van der Waals surface area contributed by atoms with Gasteiger partial charge in [0.2, 0.25) is 0 Å². The van der Waals surface area contributed by atoms with Crippen LogP contribution in [0.3, 0.4) is 0 Å². The van der Waals surface area contributed by atoms with Crippen molar-refractivity contribution in [2.45, 2.75) is 6.92 Å². The highest BCUT2D eigenvalue weighted by Gasteiger charge is 2.07. The van der Waals surface area contributed by atoms with Crippen LogP contribution in [0.1, 0.15) is 5.56 Å². The summed E-state index contributed by atoms with van der Waals surface area (Å²) in [6, 6.07) is 10.5. The van der Waals surface area contributed by atoms with Gasteiger partial charge in [-0.2, -0.15) is 0 Å². The van der Waals surface area contributed by atoms with Gasteiger partial charge in [0, 0.05) is 33.4 Å². The van der Waals surface area contributed by atoms with Crippen molar-refractivity contribution in [3.63, 3.8) is 0 Å². The van der Waals surface area contributed by atoms with Gasteiger partial charge in [-0.25, -0.2) is 4.98 Å². The van der Waals surface area contributed by atoms with Crippen LogP contribution in [0.4, 0.5) is 0 Å². The summed E-state index contributed by atoms with van der Waals surface area (Å²) in [5.74, 6) is 0. The zero-order chi connectivity index (χ0) is 13.2. The molecule has 0 unspecified atom stereocenters. The molecule has 0 saturated heterocycles. The highest BCUT2D eigenvalue weighted by atomic mass is 79.9. The Labute approximate surface area is 124 Å². The average Bonchev–Trinajstić information content (AvgIpc) is 2.89. The number of halogens is 1. The molecular weight excluding hydrogens is 320 g/mol. The van der Waals surface area contributed by atoms with Gasteiger partial charge in [-0.05, 0) is 28.9 Å². The first-order chi connectivity index (χ1) is 9.22. The number of rotatable bonds is 2. The molecule has 3 rings (SSSR count). The van der Waals surface area contributed by atoms with Crippen LogP contribution in [0.25, 0.3) is 21.8 Å². The van der Waals surface area contributed by atoms with Crippen molar-refractivity contribution < 1.29 is 0 Å². The van der Waals surface area contributed by atoms with Gasteiger partial charge in [0.1, 0.15) is 5.01 Å². The average molecular weight is 331 g/mol. The molecule has 0 spiro atoms. The van der Waals surface area contributed by atoms with Crippen LogP contribution in [0, 0.1) is 6.92 Å². The van der Waals surface area contributed by atoms with Crippen molar-refractivity contribution in [3.05, 3.63) is 58.1 Å². The van der Waals surface area contributed by atoms with E-state index in [1.165, 1.54) is 5.56 Å². The summed E-state index contributed by atoms with van der Waals surface area (Å²) >= 11 is 5.07. The van der Waals surface area contributed by atoms with Crippen LogP contribution >= 0.6 is 27.3 Å². The van der Waals surface area contributed by atoms with Gasteiger partial charge in [0.15, 0.2) is 0 Å². The summed E-state index contributed by atoms with van der Waals surface area (Å²) < 4.78 is 0.970. The normalized spacial score (nSPS) is 10.6. The van der Waals surface area contributed by atoms with Crippen molar-refractivity contribution in [2.75, 3.05) is 0 Å². The number of hydrogen-bond donors (Lipinski definition) is 0. The van der Waals surface area contributed by atoms with Crippen LogP contribution in [0.5, 0.6) is 0 Å². The minimum Gasteiger partial charge on any atom is -0.263 e. The van der Waals surface area contributed by atoms with Crippen LogP contribution < -0.4 is 0 Å². The molecule has 2 aromatic heterocycles. The lowest BCUT2D eigenvalue weighted by molar-refractivity contribution is 1.29. The summed E-state index contributed by atoms with van der Waals surface area (Å²) in [6.07, 6.45) is 3.61. The quantitative estimate of drug-likeness (QED) is 0.664. The first-order valence-corrected chi connectivity index (χ1v) is 7.53. The number of aromatic nitrogens is 2. The van der Waals surface area contributed by atoms with Gasteiger partial charge in [-0.15, -0.1) is 11.3 Å². The molecule has 0 bridgehead atoms. The second-order valence-electron chi connectivity index (χ2n) is 4.30. The van der Waals surface area contributed by atoms with Crippen molar-refractivity contribution >= 4 is 27.3 Å². The molecule has 3 aromatic rings. The molecular formula is C15H11BrN2S. The standard InChI is InChI=1S/C15H11BrN2S/c1-10-2-4-11(5-3-10)14-9-19-15(18-14)12-6-13(16)8-17-7-12/h2-9H,1H3. The van der Waals surface area contributed by atoms with Gasteiger partial charge in [0.05, 0.1) is 5.69 Å². The van der Waals surface area contributed by atoms with Crippen molar-refractivity contribution in [3.8, 4) is 21.8 Å². The Bertz CT molecular complexity index is 704. The van der Waals surface area contributed by atoms with Crippen LogP contribution in [0.2, 0.25) is 0 Å². The minimum atomic E-state index is 0.970. The van der Waals surface area contributed by atoms with Gasteiger partial charge in [0.25, 0.3) is 0 Å². The zero-order valence-electron chi connectivity index (χ0n) is 10.3. The Morgan fingerprint density at radius 3 is 2.58 bits per heavy atom. The van der Waals surface area contributed by atoms with Gasteiger partial charge in [-0.3, -0.25) is 4.98 Å². The van der Waals surface area contributed by atoms with E-state index in [-0.39, 0.29) is 0 Å². The van der Waals surface area contributed by atoms with E-state index < -0.39 is 0 Å². The molecule has 4 heteroatoms. The van der Waals surface area contributed by atoms with Gasteiger partial charge >= 0.3 is 0 Å². The molecule has 0 fully saturated rings. The maximum atomic E-state index is 4.68. The maximum Gasteiger partial charge on any atom is 0.125 e. The molecule has 0 saturated carbocycles. The lowest BCUT2D eigenvalue weighted by atomic mass is 10.1. The molecule has 0 atom stereocenters. The number of hydrogen-bond acceptors (Lipinski definition) is 3. The lowest BCUT2D eigenvalue weighted by Gasteiger charge is -1.98. The molecule has 94 valence electrons. The monoisotopic (exact) mass is 330 g/mol. The molecule has 2 nitrogen and oxygen atoms in total. The Hall–Kier alpha value is -1.52. The molecule has 0 amide bonds. The predicted octanol–water partition coefficient (Wildman–Crippen LogP) is 4.94. The fourth-order valence-corrected chi connectivity index (χ4v) is 2.97. The topological polar surface area (TPSA) is 25.8 Å². The van der Waals surface area contributed by atoms with Crippen LogP contribution in [-0.4, -0.2) is 9.97 Å². The Morgan fingerprint density at radius 1 is 1.05 bits per heavy atom. The number of aryl methyl sites for hydroxylation is 1. The summed E-state index contributed by atoms with van der Waals surface area (Å²) in [7, 11) is 0. The molecule has 0 aliphatic heterocycles. The lowest BCUT2D eigenvalue weighted by Crippen LogP contribution is -1.81. The Balaban J connectivity index is 1.97. The van der Waals surface area contributed by atoms with E-state index in [4.69, 9.17) is 0 Å². The Morgan fingerprint density at radius 2 is 1.84 bits per heavy atom. The van der Waals surface area contributed by atoms with Crippen LogP contribution in [0.15, 0.2) is 52.6 Å². The number of nitrogens with zero attached hydrogens (tertiary/aromatic N) is 2. The second kappa shape index (κ2) is 5.23. The minimum absolute atomic E-state index is 0.970. The number of pyridine rings is 1. The third-order valence-corrected chi connectivity index (χ3v) is 4.13. The van der Waals surface area contributed by atoms with E-state index in [1.54, 1.807) is 17.5 Å². The second-order valence-corrected chi connectivity index (χ2v) is 6.07. The van der Waals surface area contributed by atoms with Gasteiger partial charge < -0.3 is 0 Å². The van der Waals surface area contributed by atoms with E-state index in [2.05, 4.69) is 62.5 Å². The molecule has 1 aromatic carbocycles. The summed E-state index contributed by atoms with van der Waals surface area (Å²) in [5, 5.41) is 3.07. The predicted molar refractivity (Wildman–Crippen MR) is 83.2 cm³/mol. The maximum absolute atomic E-state index is 4.68. The molecule has 0 aliphatic carbocycles. The number of thiazole rings is 1. The van der Waals surface area contributed by atoms with E-state index in [1.807, 2.05) is 12.3 Å². The third-order valence-electron chi connectivity index (χ3n) is 2.80. The van der Waals surface area contributed by atoms with E-state index in [0.29, 0.717) is 0 Å². The first-order valence-electron chi connectivity index (χ1n) is 5.86. The smallest absolute Gasteiger partial charge is 0.125 e. The van der Waals surface area contributed by atoms with Crippen LogP contribution in [-0.2, 0) is 0 Å². The SMILES string of the molecule is Cc1ccc(-c2csc(-c3cncc(Br)c3)n2)cc1. The molecule has 0 aliphatic rings. The van der Waals surface area contributed by atoms with E-state index >= 15 is 0 Å². The summed E-state index contributed by atoms with van der Waals surface area (Å²) in [5.41, 5.74) is 4.46. The molecule has 19 heavy (non-hydrogen) atoms. The van der Waals surface area contributed by atoms with Crippen molar-refractivity contribution in [1.29, 1.82) is 0 Å².